The molecule has 0 aromatic heterocycles. The van der Waals surface area contributed by atoms with Crippen molar-refractivity contribution in [1.29, 1.82) is 0 Å². The molecule has 0 aliphatic carbocycles. The van der Waals surface area contributed by atoms with Crippen LogP contribution in [0.1, 0.15) is 18.9 Å². The van der Waals surface area contributed by atoms with E-state index in [4.69, 9.17) is 4.74 Å². The van der Waals surface area contributed by atoms with Gasteiger partial charge in [-0.15, -0.1) is 0 Å². The van der Waals surface area contributed by atoms with Crippen molar-refractivity contribution in [2.24, 2.45) is 0 Å². The molecule has 0 saturated heterocycles. The van der Waals surface area contributed by atoms with Crippen LogP contribution in [0.5, 0.6) is 0 Å². The van der Waals surface area contributed by atoms with E-state index in [1.54, 1.807) is 25.1 Å². The molecule has 5 nitrogen and oxygen atoms in total. The fraction of sp³-hybridized carbons (Fsp3) is 0.364. The molecule has 1 aromatic rings. The van der Waals surface area contributed by atoms with Crippen molar-refractivity contribution in [2.45, 2.75) is 19.8 Å². The molecule has 0 aliphatic heterocycles. The average molecular weight is 223 g/mol. The Kier molecular flexibility index (Phi) is 4.44. The number of esters is 1. The maximum absolute atomic E-state index is 11.1. The van der Waals surface area contributed by atoms with Crippen LogP contribution in [0.4, 0.5) is 5.69 Å². The first-order chi connectivity index (χ1) is 7.65. The lowest BCUT2D eigenvalue weighted by Crippen LogP contribution is -2.06. The number of para-hydroxylation sites is 1. The Labute approximate surface area is 93.2 Å². The first-order valence-corrected chi connectivity index (χ1v) is 5.03. The van der Waals surface area contributed by atoms with Gasteiger partial charge in [0.25, 0.3) is 5.69 Å². The van der Waals surface area contributed by atoms with Gasteiger partial charge in [-0.25, -0.2) is 0 Å². The summed E-state index contributed by atoms with van der Waals surface area (Å²) in [6, 6.07) is 6.40. The first kappa shape index (κ1) is 12.2. The molecule has 0 unspecified atom stereocenters. The predicted molar refractivity (Wildman–Crippen MR) is 58.1 cm³/mol. The molecular formula is C11H13NO4. The van der Waals surface area contributed by atoms with Crippen LogP contribution in [0, 0.1) is 10.1 Å². The van der Waals surface area contributed by atoms with E-state index < -0.39 is 4.92 Å². The maximum atomic E-state index is 11.1. The van der Waals surface area contributed by atoms with Crippen LogP contribution >= 0.6 is 0 Å². The lowest BCUT2D eigenvalue weighted by Gasteiger charge is -2.02. The molecular weight excluding hydrogens is 210 g/mol. The van der Waals surface area contributed by atoms with E-state index >= 15 is 0 Å². The summed E-state index contributed by atoms with van der Waals surface area (Å²) in [5, 5.41) is 10.7. The van der Waals surface area contributed by atoms with Gasteiger partial charge in [0.2, 0.25) is 0 Å². The Morgan fingerprint density at radius 3 is 2.75 bits per heavy atom. The Morgan fingerprint density at radius 1 is 1.44 bits per heavy atom. The van der Waals surface area contributed by atoms with Gasteiger partial charge in [0.15, 0.2) is 0 Å². The fourth-order valence-electron chi connectivity index (χ4n) is 1.37. The summed E-state index contributed by atoms with van der Waals surface area (Å²) < 4.78 is 4.76. The number of hydrogen-bond donors (Lipinski definition) is 0. The third-order valence-corrected chi connectivity index (χ3v) is 2.09. The summed E-state index contributed by atoms with van der Waals surface area (Å²) in [5.74, 6) is -0.333. The molecule has 0 amide bonds. The van der Waals surface area contributed by atoms with Crippen molar-refractivity contribution >= 4 is 11.7 Å². The summed E-state index contributed by atoms with van der Waals surface area (Å²) in [7, 11) is 0. The van der Waals surface area contributed by atoms with Gasteiger partial charge in [-0.3, -0.25) is 14.9 Å². The lowest BCUT2D eigenvalue weighted by atomic mass is 10.1. The number of nitrogens with zero attached hydrogens (tertiary/aromatic N) is 1. The van der Waals surface area contributed by atoms with Crippen LogP contribution in [-0.4, -0.2) is 17.5 Å². The standard InChI is InChI=1S/C11H13NO4/c1-2-16-11(13)8-7-9-5-3-4-6-10(9)12(14)15/h3-6H,2,7-8H2,1H3. The van der Waals surface area contributed by atoms with E-state index in [0.717, 1.165) is 0 Å². The molecule has 0 radical (unpaired) electrons. The van der Waals surface area contributed by atoms with E-state index in [9.17, 15) is 14.9 Å². The smallest absolute Gasteiger partial charge is 0.306 e. The zero-order valence-electron chi connectivity index (χ0n) is 9.01. The predicted octanol–water partition coefficient (Wildman–Crippen LogP) is 2.09. The number of carbonyl (C=O) groups is 1. The average Bonchev–Trinajstić information content (AvgIpc) is 2.27. The van der Waals surface area contributed by atoms with E-state index in [1.807, 2.05) is 0 Å². The topological polar surface area (TPSA) is 69.4 Å². The molecule has 16 heavy (non-hydrogen) atoms. The fourth-order valence-corrected chi connectivity index (χ4v) is 1.37. The van der Waals surface area contributed by atoms with Crippen molar-refractivity contribution in [3.63, 3.8) is 0 Å². The van der Waals surface area contributed by atoms with Crippen molar-refractivity contribution in [1.82, 2.24) is 0 Å². The van der Waals surface area contributed by atoms with Crippen LogP contribution < -0.4 is 0 Å². The molecule has 0 bridgehead atoms. The lowest BCUT2D eigenvalue weighted by molar-refractivity contribution is -0.385. The van der Waals surface area contributed by atoms with E-state index in [2.05, 4.69) is 0 Å². The Morgan fingerprint density at radius 2 is 2.12 bits per heavy atom. The van der Waals surface area contributed by atoms with Crippen LogP contribution in [0.3, 0.4) is 0 Å². The van der Waals surface area contributed by atoms with Gasteiger partial charge in [0, 0.05) is 18.1 Å². The third-order valence-electron chi connectivity index (χ3n) is 2.09. The number of benzene rings is 1. The molecule has 1 aromatic carbocycles. The monoisotopic (exact) mass is 223 g/mol. The maximum Gasteiger partial charge on any atom is 0.306 e. The molecule has 0 atom stereocenters. The van der Waals surface area contributed by atoms with E-state index in [-0.39, 0.29) is 18.1 Å². The highest BCUT2D eigenvalue weighted by Crippen LogP contribution is 2.19. The van der Waals surface area contributed by atoms with Gasteiger partial charge in [0.05, 0.1) is 11.5 Å². The minimum atomic E-state index is -0.444. The zero-order valence-corrected chi connectivity index (χ0v) is 9.01. The second kappa shape index (κ2) is 5.85. The summed E-state index contributed by atoms with van der Waals surface area (Å²) >= 11 is 0. The summed E-state index contributed by atoms with van der Waals surface area (Å²) in [4.78, 5) is 21.3. The van der Waals surface area contributed by atoms with Crippen LogP contribution in [0.2, 0.25) is 0 Å². The molecule has 0 heterocycles. The normalized spacial score (nSPS) is 9.81. The van der Waals surface area contributed by atoms with Gasteiger partial charge in [-0.05, 0) is 13.3 Å². The number of ether oxygens (including phenoxy) is 1. The van der Waals surface area contributed by atoms with Crippen molar-refractivity contribution in [3.05, 3.63) is 39.9 Å². The molecule has 86 valence electrons. The Hall–Kier alpha value is -1.91. The highest BCUT2D eigenvalue weighted by molar-refractivity contribution is 5.69. The highest BCUT2D eigenvalue weighted by atomic mass is 16.6. The quantitative estimate of drug-likeness (QED) is 0.435. The summed E-state index contributed by atoms with van der Waals surface area (Å²) in [6.45, 7) is 2.05. The number of aryl methyl sites for hydroxylation is 1. The van der Waals surface area contributed by atoms with Crippen LogP contribution in [0.15, 0.2) is 24.3 Å². The molecule has 5 heteroatoms. The van der Waals surface area contributed by atoms with Crippen molar-refractivity contribution in [2.75, 3.05) is 6.61 Å². The van der Waals surface area contributed by atoms with Crippen LogP contribution in [-0.2, 0) is 16.0 Å². The first-order valence-electron chi connectivity index (χ1n) is 5.03. The van der Waals surface area contributed by atoms with Gasteiger partial charge < -0.3 is 4.74 Å². The van der Waals surface area contributed by atoms with Gasteiger partial charge >= 0.3 is 5.97 Å². The van der Waals surface area contributed by atoms with Gasteiger partial charge in [0.1, 0.15) is 0 Å². The highest BCUT2D eigenvalue weighted by Gasteiger charge is 2.13. The number of nitro groups is 1. The molecule has 0 spiro atoms. The minimum absolute atomic E-state index is 0.0480. The second-order valence-electron chi connectivity index (χ2n) is 3.19. The van der Waals surface area contributed by atoms with Crippen molar-refractivity contribution < 1.29 is 14.5 Å². The van der Waals surface area contributed by atoms with Crippen molar-refractivity contribution in [3.8, 4) is 0 Å². The Balaban J connectivity index is 2.66. The molecule has 0 fully saturated rings. The molecule has 0 saturated carbocycles. The second-order valence-corrected chi connectivity index (χ2v) is 3.19. The van der Waals surface area contributed by atoms with E-state index in [0.29, 0.717) is 18.6 Å². The number of nitro benzene ring substituents is 1. The SMILES string of the molecule is CCOC(=O)CCc1ccccc1[N+](=O)[O-]. The van der Waals surface area contributed by atoms with Gasteiger partial charge in [-0.1, -0.05) is 18.2 Å². The van der Waals surface area contributed by atoms with E-state index in [1.165, 1.54) is 6.07 Å². The summed E-state index contributed by atoms with van der Waals surface area (Å²) in [5.41, 5.74) is 0.604. The molecule has 0 N–H and O–H groups in total. The largest absolute Gasteiger partial charge is 0.466 e. The number of carbonyl (C=O) groups excluding carboxylic acids is 1. The minimum Gasteiger partial charge on any atom is -0.466 e. The molecule has 1 rings (SSSR count). The van der Waals surface area contributed by atoms with Gasteiger partial charge in [-0.2, -0.15) is 0 Å². The number of rotatable bonds is 5. The number of hydrogen-bond acceptors (Lipinski definition) is 4. The zero-order chi connectivity index (χ0) is 12.0. The Bertz CT molecular complexity index is 389. The molecule has 0 aliphatic rings. The van der Waals surface area contributed by atoms with Crippen LogP contribution in [0.25, 0.3) is 0 Å². The third kappa shape index (κ3) is 3.34. The summed E-state index contributed by atoms with van der Waals surface area (Å²) in [6.07, 6.45) is 0.495.